The molecule has 0 radical (unpaired) electrons. The molecule has 0 aliphatic carbocycles. The van der Waals surface area contributed by atoms with Crippen LogP contribution >= 0.6 is 11.6 Å². The first-order valence-electron chi connectivity index (χ1n) is 9.16. The molecule has 0 saturated heterocycles. The van der Waals surface area contributed by atoms with Crippen molar-refractivity contribution in [1.29, 1.82) is 0 Å². The number of carbonyl (C=O) groups excluding carboxylic acids is 3. The SMILES string of the molecule is COc1ccc(NC(=O)CC(C)=NNC(=O)C(=O)Nc2cccc(Cl)c2C)c(OC)c1. The first-order chi connectivity index (χ1) is 14.7. The van der Waals surface area contributed by atoms with Gasteiger partial charge in [-0.1, -0.05) is 17.7 Å². The van der Waals surface area contributed by atoms with Crippen molar-refractivity contribution in [3.05, 3.63) is 47.0 Å². The maximum absolute atomic E-state index is 12.3. The third-order valence-corrected chi connectivity index (χ3v) is 4.58. The van der Waals surface area contributed by atoms with Gasteiger partial charge in [0.25, 0.3) is 0 Å². The van der Waals surface area contributed by atoms with E-state index >= 15 is 0 Å². The fraction of sp³-hybridized carbons (Fsp3) is 0.238. The third-order valence-electron chi connectivity index (χ3n) is 4.17. The second-order valence-electron chi connectivity index (χ2n) is 6.45. The van der Waals surface area contributed by atoms with Gasteiger partial charge >= 0.3 is 11.8 Å². The van der Waals surface area contributed by atoms with Crippen molar-refractivity contribution in [2.75, 3.05) is 24.9 Å². The lowest BCUT2D eigenvalue weighted by atomic mass is 10.2. The number of ether oxygens (including phenoxy) is 2. The number of carbonyl (C=O) groups is 3. The van der Waals surface area contributed by atoms with E-state index in [0.29, 0.717) is 39.2 Å². The second-order valence-corrected chi connectivity index (χ2v) is 6.85. The molecule has 0 spiro atoms. The van der Waals surface area contributed by atoms with Crippen molar-refractivity contribution in [2.45, 2.75) is 20.3 Å². The Labute approximate surface area is 184 Å². The molecule has 0 aliphatic heterocycles. The van der Waals surface area contributed by atoms with Gasteiger partial charge in [-0.15, -0.1) is 0 Å². The number of methoxy groups -OCH3 is 2. The molecule has 10 heteroatoms. The summed E-state index contributed by atoms with van der Waals surface area (Å²) in [6, 6.07) is 9.91. The van der Waals surface area contributed by atoms with Crippen LogP contribution in [0.2, 0.25) is 5.02 Å². The van der Waals surface area contributed by atoms with E-state index in [1.54, 1.807) is 50.2 Å². The molecule has 0 bridgehead atoms. The van der Waals surface area contributed by atoms with Crippen molar-refractivity contribution < 1.29 is 23.9 Å². The highest BCUT2D eigenvalue weighted by atomic mass is 35.5. The quantitative estimate of drug-likeness (QED) is 0.343. The number of nitrogens with zero attached hydrogens (tertiary/aromatic N) is 1. The van der Waals surface area contributed by atoms with Crippen LogP contribution in [0.5, 0.6) is 11.5 Å². The van der Waals surface area contributed by atoms with Gasteiger partial charge in [0.1, 0.15) is 11.5 Å². The predicted octanol–water partition coefficient (Wildman–Crippen LogP) is 3.13. The lowest BCUT2D eigenvalue weighted by Crippen LogP contribution is -2.33. The topological polar surface area (TPSA) is 118 Å². The summed E-state index contributed by atoms with van der Waals surface area (Å²) in [4.78, 5) is 36.3. The summed E-state index contributed by atoms with van der Waals surface area (Å²) in [7, 11) is 3.00. The minimum absolute atomic E-state index is 0.107. The molecular formula is C21H23ClN4O5. The summed E-state index contributed by atoms with van der Waals surface area (Å²) < 4.78 is 10.3. The van der Waals surface area contributed by atoms with Crippen LogP contribution in [-0.4, -0.2) is 37.7 Å². The van der Waals surface area contributed by atoms with Crippen LogP contribution in [0.15, 0.2) is 41.5 Å². The first-order valence-corrected chi connectivity index (χ1v) is 9.54. The summed E-state index contributed by atoms with van der Waals surface area (Å²) in [5, 5.41) is 9.42. The predicted molar refractivity (Wildman–Crippen MR) is 119 cm³/mol. The Morgan fingerprint density at radius 1 is 1.00 bits per heavy atom. The molecular weight excluding hydrogens is 424 g/mol. The van der Waals surface area contributed by atoms with E-state index < -0.39 is 11.8 Å². The number of benzene rings is 2. The van der Waals surface area contributed by atoms with Gasteiger partial charge in [0.15, 0.2) is 0 Å². The molecule has 3 amide bonds. The lowest BCUT2D eigenvalue weighted by Gasteiger charge is -2.11. The first kappa shape index (κ1) is 23.7. The molecule has 0 aliphatic rings. The average molecular weight is 447 g/mol. The molecule has 0 unspecified atom stereocenters. The number of nitrogens with one attached hydrogen (secondary N) is 3. The molecule has 9 nitrogen and oxygen atoms in total. The minimum Gasteiger partial charge on any atom is -0.497 e. The smallest absolute Gasteiger partial charge is 0.329 e. The van der Waals surface area contributed by atoms with Gasteiger partial charge in [0.2, 0.25) is 5.91 Å². The number of hydrogen-bond donors (Lipinski definition) is 3. The van der Waals surface area contributed by atoms with Gasteiger partial charge < -0.3 is 20.1 Å². The fourth-order valence-electron chi connectivity index (χ4n) is 2.49. The second kappa shape index (κ2) is 11.0. The molecule has 164 valence electrons. The van der Waals surface area contributed by atoms with Gasteiger partial charge in [-0.05, 0) is 43.7 Å². The summed E-state index contributed by atoms with van der Waals surface area (Å²) in [5.74, 6) is -1.24. The van der Waals surface area contributed by atoms with Crippen molar-refractivity contribution in [2.24, 2.45) is 5.10 Å². The molecule has 2 aromatic rings. The van der Waals surface area contributed by atoms with Crippen LogP contribution in [0.3, 0.4) is 0 Å². The molecule has 3 N–H and O–H groups in total. The molecule has 2 aromatic carbocycles. The highest BCUT2D eigenvalue weighted by molar-refractivity contribution is 6.40. The fourth-order valence-corrected chi connectivity index (χ4v) is 2.66. The van der Waals surface area contributed by atoms with Gasteiger partial charge in [-0.3, -0.25) is 14.4 Å². The van der Waals surface area contributed by atoms with Gasteiger partial charge in [-0.25, -0.2) is 5.43 Å². The van der Waals surface area contributed by atoms with E-state index in [4.69, 9.17) is 21.1 Å². The van der Waals surface area contributed by atoms with Crippen molar-refractivity contribution in [1.82, 2.24) is 5.43 Å². The Morgan fingerprint density at radius 3 is 2.42 bits per heavy atom. The largest absolute Gasteiger partial charge is 0.497 e. The van der Waals surface area contributed by atoms with Gasteiger partial charge in [-0.2, -0.15) is 5.10 Å². The van der Waals surface area contributed by atoms with E-state index in [1.165, 1.54) is 14.2 Å². The zero-order valence-electron chi connectivity index (χ0n) is 17.5. The molecule has 0 heterocycles. The third kappa shape index (κ3) is 6.71. The Balaban J connectivity index is 1.91. The molecule has 0 saturated carbocycles. The van der Waals surface area contributed by atoms with Crippen molar-refractivity contribution >= 4 is 46.4 Å². The normalized spacial score (nSPS) is 10.8. The molecule has 2 rings (SSSR count). The lowest BCUT2D eigenvalue weighted by molar-refractivity contribution is -0.136. The van der Waals surface area contributed by atoms with Crippen LogP contribution in [-0.2, 0) is 14.4 Å². The molecule has 0 aromatic heterocycles. The van der Waals surface area contributed by atoms with E-state index in [9.17, 15) is 14.4 Å². The minimum atomic E-state index is -0.976. The highest BCUT2D eigenvalue weighted by Crippen LogP contribution is 2.29. The average Bonchev–Trinajstić information content (AvgIpc) is 2.75. The number of halogens is 1. The monoisotopic (exact) mass is 446 g/mol. The number of hydrogen-bond acceptors (Lipinski definition) is 6. The Hall–Kier alpha value is -3.59. The van der Waals surface area contributed by atoms with E-state index in [0.717, 1.165) is 0 Å². The Bertz CT molecular complexity index is 1020. The Kier molecular flexibility index (Phi) is 8.39. The number of rotatable bonds is 7. The molecule has 31 heavy (non-hydrogen) atoms. The van der Waals surface area contributed by atoms with Crippen molar-refractivity contribution in [3.63, 3.8) is 0 Å². The van der Waals surface area contributed by atoms with E-state index in [2.05, 4.69) is 21.2 Å². The highest BCUT2D eigenvalue weighted by Gasteiger charge is 2.15. The van der Waals surface area contributed by atoms with Gasteiger partial charge in [0, 0.05) is 22.5 Å². The molecule has 0 fully saturated rings. The summed E-state index contributed by atoms with van der Waals surface area (Å²) in [5.41, 5.74) is 3.93. The Morgan fingerprint density at radius 2 is 1.74 bits per heavy atom. The van der Waals surface area contributed by atoms with Crippen LogP contribution in [0.1, 0.15) is 18.9 Å². The van der Waals surface area contributed by atoms with Crippen molar-refractivity contribution in [3.8, 4) is 11.5 Å². The maximum Gasteiger partial charge on any atom is 0.329 e. The number of amides is 3. The standard InChI is InChI=1S/C21H23ClN4O5/c1-12(10-19(27)23-17-9-8-14(30-3)11-18(17)31-4)25-26-21(29)20(28)24-16-7-5-6-15(22)13(16)2/h5-9,11H,10H2,1-4H3,(H,23,27)(H,24,28)(H,26,29). The van der Waals surface area contributed by atoms with Crippen LogP contribution < -0.4 is 25.5 Å². The van der Waals surface area contributed by atoms with Crippen LogP contribution in [0.25, 0.3) is 0 Å². The molecule has 0 atom stereocenters. The summed E-state index contributed by atoms with van der Waals surface area (Å²) in [6.07, 6.45) is -0.107. The van der Waals surface area contributed by atoms with E-state index in [1.807, 2.05) is 0 Å². The van der Waals surface area contributed by atoms with E-state index in [-0.39, 0.29) is 12.3 Å². The zero-order chi connectivity index (χ0) is 23.0. The maximum atomic E-state index is 12.3. The zero-order valence-corrected chi connectivity index (χ0v) is 18.3. The van der Waals surface area contributed by atoms with Crippen LogP contribution in [0.4, 0.5) is 11.4 Å². The number of hydrazone groups is 1. The summed E-state index contributed by atoms with van der Waals surface area (Å²) >= 11 is 5.99. The van der Waals surface area contributed by atoms with Gasteiger partial charge in [0.05, 0.1) is 26.3 Å². The summed E-state index contributed by atoms with van der Waals surface area (Å²) in [6.45, 7) is 3.26. The van der Waals surface area contributed by atoms with Crippen LogP contribution in [0, 0.1) is 6.92 Å². The number of anilines is 2.